The summed E-state index contributed by atoms with van der Waals surface area (Å²) in [7, 11) is -0.985. The van der Waals surface area contributed by atoms with E-state index in [2.05, 4.69) is 10.0 Å². The Morgan fingerprint density at radius 1 is 1.43 bits per heavy atom. The number of nitrogens with zero attached hydrogens (tertiary/aromatic N) is 1. The van der Waals surface area contributed by atoms with Gasteiger partial charge in [0.25, 0.3) is 5.91 Å². The van der Waals surface area contributed by atoms with Crippen LogP contribution in [0.3, 0.4) is 0 Å². The fraction of sp³-hybridized carbons (Fsp3) is 0.500. The van der Waals surface area contributed by atoms with Gasteiger partial charge in [-0.25, -0.2) is 13.1 Å². The Balaban J connectivity index is 0.00000264. The van der Waals surface area contributed by atoms with E-state index in [1.165, 1.54) is 26.3 Å². The van der Waals surface area contributed by atoms with Crippen LogP contribution in [-0.4, -0.2) is 59.1 Å². The van der Waals surface area contributed by atoms with Crippen molar-refractivity contribution < 1.29 is 17.9 Å². The summed E-state index contributed by atoms with van der Waals surface area (Å²) in [4.78, 5) is 14.3. The molecule has 1 saturated heterocycles. The van der Waals surface area contributed by atoms with Crippen LogP contribution in [0.2, 0.25) is 0 Å². The van der Waals surface area contributed by atoms with Crippen LogP contribution in [0.4, 0.5) is 0 Å². The number of sulfonamides is 1. The fourth-order valence-corrected chi connectivity index (χ4v) is 3.36. The number of hydrogen-bond acceptors (Lipinski definition) is 5. The first-order chi connectivity index (χ1) is 10.4. The van der Waals surface area contributed by atoms with E-state index in [1.54, 1.807) is 11.0 Å². The van der Waals surface area contributed by atoms with Gasteiger partial charge in [-0.3, -0.25) is 4.79 Å². The molecule has 1 aliphatic heterocycles. The minimum atomic E-state index is -3.70. The van der Waals surface area contributed by atoms with E-state index in [1.807, 2.05) is 6.92 Å². The van der Waals surface area contributed by atoms with Gasteiger partial charge in [0, 0.05) is 31.2 Å². The third-order valence-electron chi connectivity index (χ3n) is 3.73. The van der Waals surface area contributed by atoms with Gasteiger partial charge in [-0.15, -0.1) is 12.4 Å². The number of nitrogens with one attached hydrogen (secondary N) is 2. The van der Waals surface area contributed by atoms with Crippen molar-refractivity contribution >= 4 is 28.3 Å². The van der Waals surface area contributed by atoms with E-state index >= 15 is 0 Å². The van der Waals surface area contributed by atoms with E-state index < -0.39 is 10.0 Å². The molecular formula is C14H22ClN3O4S. The Morgan fingerprint density at radius 3 is 2.70 bits per heavy atom. The monoisotopic (exact) mass is 363 g/mol. The minimum Gasteiger partial charge on any atom is -0.495 e. The van der Waals surface area contributed by atoms with E-state index in [-0.39, 0.29) is 35.0 Å². The number of rotatable bonds is 4. The minimum absolute atomic E-state index is 0. The average Bonchev–Trinajstić information content (AvgIpc) is 2.54. The summed E-state index contributed by atoms with van der Waals surface area (Å²) in [5, 5.41) is 3.21. The first-order valence-electron chi connectivity index (χ1n) is 7.04. The quantitative estimate of drug-likeness (QED) is 0.811. The van der Waals surface area contributed by atoms with E-state index in [9.17, 15) is 13.2 Å². The second-order valence-electron chi connectivity index (χ2n) is 5.12. The molecule has 2 rings (SSSR count). The number of ether oxygens (including phenoxy) is 1. The predicted molar refractivity (Wildman–Crippen MR) is 89.9 cm³/mol. The maximum Gasteiger partial charge on any atom is 0.254 e. The van der Waals surface area contributed by atoms with Gasteiger partial charge >= 0.3 is 0 Å². The van der Waals surface area contributed by atoms with Crippen molar-refractivity contribution in [2.75, 3.05) is 33.8 Å². The van der Waals surface area contributed by atoms with Crippen molar-refractivity contribution in [2.24, 2.45) is 0 Å². The third-order valence-corrected chi connectivity index (χ3v) is 5.17. The predicted octanol–water partition coefficient (Wildman–Crippen LogP) is 0.459. The molecule has 1 heterocycles. The van der Waals surface area contributed by atoms with Gasteiger partial charge in [-0.2, -0.15) is 0 Å². The molecule has 130 valence electrons. The van der Waals surface area contributed by atoms with Gasteiger partial charge in [0.05, 0.1) is 7.11 Å². The summed E-state index contributed by atoms with van der Waals surface area (Å²) in [5.41, 5.74) is 0.336. The molecular weight excluding hydrogens is 342 g/mol. The average molecular weight is 364 g/mol. The van der Waals surface area contributed by atoms with E-state index in [0.29, 0.717) is 12.1 Å². The van der Waals surface area contributed by atoms with Crippen LogP contribution in [0.1, 0.15) is 17.3 Å². The topological polar surface area (TPSA) is 87.7 Å². The summed E-state index contributed by atoms with van der Waals surface area (Å²) >= 11 is 0. The zero-order valence-corrected chi connectivity index (χ0v) is 15.0. The number of halogens is 1. The number of amides is 1. The van der Waals surface area contributed by atoms with Gasteiger partial charge < -0.3 is 15.0 Å². The van der Waals surface area contributed by atoms with Gasteiger partial charge in [0.1, 0.15) is 10.6 Å². The van der Waals surface area contributed by atoms with Crippen LogP contribution >= 0.6 is 12.4 Å². The lowest BCUT2D eigenvalue weighted by Crippen LogP contribution is -2.52. The number of methoxy groups -OCH3 is 1. The molecule has 1 fully saturated rings. The molecule has 1 aliphatic rings. The van der Waals surface area contributed by atoms with Crippen LogP contribution in [-0.2, 0) is 10.0 Å². The fourth-order valence-electron chi connectivity index (χ4n) is 2.44. The molecule has 23 heavy (non-hydrogen) atoms. The van der Waals surface area contributed by atoms with Crippen LogP contribution in [0.5, 0.6) is 5.75 Å². The highest BCUT2D eigenvalue weighted by Gasteiger charge is 2.26. The van der Waals surface area contributed by atoms with E-state index in [0.717, 1.165) is 13.1 Å². The smallest absolute Gasteiger partial charge is 0.254 e. The molecule has 1 atom stereocenters. The number of hydrogen-bond donors (Lipinski definition) is 2. The van der Waals surface area contributed by atoms with Crippen molar-refractivity contribution in [3.05, 3.63) is 23.8 Å². The van der Waals surface area contributed by atoms with Crippen molar-refractivity contribution in [1.29, 1.82) is 0 Å². The maximum absolute atomic E-state index is 12.6. The largest absolute Gasteiger partial charge is 0.495 e. The Hall–Kier alpha value is -1.35. The summed E-state index contributed by atoms with van der Waals surface area (Å²) in [5.74, 6) is 0.0310. The first kappa shape index (κ1) is 19.7. The van der Waals surface area contributed by atoms with Crippen LogP contribution in [0.25, 0.3) is 0 Å². The lowest BCUT2D eigenvalue weighted by Gasteiger charge is -2.34. The van der Waals surface area contributed by atoms with Gasteiger partial charge in [0.2, 0.25) is 10.0 Å². The molecule has 1 aromatic carbocycles. The highest BCUT2D eigenvalue weighted by molar-refractivity contribution is 7.89. The van der Waals surface area contributed by atoms with Crippen molar-refractivity contribution in [3.63, 3.8) is 0 Å². The second kappa shape index (κ2) is 7.96. The van der Waals surface area contributed by atoms with Gasteiger partial charge in [0.15, 0.2) is 0 Å². The molecule has 0 saturated carbocycles. The third kappa shape index (κ3) is 4.14. The van der Waals surface area contributed by atoms with Gasteiger partial charge in [-0.05, 0) is 32.2 Å². The highest BCUT2D eigenvalue weighted by atomic mass is 35.5. The molecule has 0 radical (unpaired) electrons. The van der Waals surface area contributed by atoms with Crippen molar-refractivity contribution in [1.82, 2.24) is 14.9 Å². The molecule has 9 heteroatoms. The molecule has 0 aromatic heterocycles. The zero-order valence-electron chi connectivity index (χ0n) is 13.3. The lowest BCUT2D eigenvalue weighted by molar-refractivity contribution is 0.0655. The van der Waals surface area contributed by atoms with Crippen LogP contribution in [0, 0.1) is 0 Å². The molecule has 1 aromatic rings. The molecule has 1 amide bonds. The molecule has 0 spiro atoms. The standard InChI is InChI=1S/C14H21N3O4S.ClH/c1-10-9-16-6-7-17(10)14(18)11-4-5-12(21-3)13(8-11)22(19,20)15-2;/h4-5,8,10,15-16H,6-7,9H2,1-3H3;1H/t10-;/m0./s1. The SMILES string of the molecule is CNS(=O)(=O)c1cc(C(=O)N2CCNC[C@@H]2C)ccc1OC.Cl. The first-order valence-corrected chi connectivity index (χ1v) is 8.52. The van der Waals surface area contributed by atoms with Crippen LogP contribution < -0.4 is 14.8 Å². The summed E-state index contributed by atoms with van der Waals surface area (Å²) in [6, 6.07) is 4.52. The number of carbonyl (C=O) groups excluding carboxylic acids is 1. The highest BCUT2D eigenvalue weighted by Crippen LogP contribution is 2.25. The van der Waals surface area contributed by atoms with E-state index in [4.69, 9.17) is 4.74 Å². The Kier molecular flexibility index (Phi) is 6.82. The number of carbonyl (C=O) groups is 1. The molecule has 2 N–H and O–H groups in total. The Labute approximate surface area is 142 Å². The summed E-state index contributed by atoms with van der Waals surface area (Å²) < 4.78 is 31.5. The second-order valence-corrected chi connectivity index (χ2v) is 6.98. The molecule has 0 aliphatic carbocycles. The van der Waals surface area contributed by atoms with Gasteiger partial charge in [-0.1, -0.05) is 0 Å². The zero-order chi connectivity index (χ0) is 16.3. The van der Waals surface area contributed by atoms with Crippen molar-refractivity contribution in [3.8, 4) is 5.75 Å². The van der Waals surface area contributed by atoms with Crippen molar-refractivity contribution in [2.45, 2.75) is 17.9 Å². The van der Waals surface area contributed by atoms with Crippen LogP contribution in [0.15, 0.2) is 23.1 Å². The lowest BCUT2D eigenvalue weighted by atomic mass is 10.1. The normalized spacial score (nSPS) is 18.2. The molecule has 0 bridgehead atoms. The maximum atomic E-state index is 12.6. The number of piperazine rings is 1. The Morgan fingerprint density at radius 2 is 2.13 bits per heavy atom. The summed E-state index contributed by atoms with van der Waals surface area (Å²) in [6.07, 6.45) is 0. The summed E-state index contributed by atoms with van der Waals surface area (Å²) in [6.45, 7) is 4.01. The molecule has 0 unspecified atom stereocenters. The Bertz CT molecular complexity index is 666. The number of benzene rings is 1. The molecule has 7 nitrogen and oxygen atoms in total.